The summed E-state index contributed by atoms with van der Waals surface area (Å²) in [6.45, 7) is 6.76. The lowest BCUT2D eigenvalue weighted by Gasteiger charge is -2.40. The molecule has 2 heterocycles. The highest BCUT2D eigenvalue weighted by atomic mass is 16.6. The third-order valence-electron chi connectivity index (χ3n) is 5.77. The Labute approximate surface area is 167 Å². The number of nitrogens with zero attached hydrogens (tertiary/aromatic N) is 5. The van der Waals surface area contributed by atoms with Crippen LogP contribution in [0.15, 0.2) is 33.8 Å². The van der Waals surface area contributed by atoms with Crippen molar-refractivity contribution in [1.82, 2.24) is 9.80 Å². The molecule has 1 unspecified atom stereocenters. The topological polar surface area (TPSA) is 74.1 Å². The molecule has 1 saturated heterocycles. The predicted molar refractivity (Wildman–Crippen MR) is 111 cm³/mol. The fourth-order valence-corrected chi connectivity index (χ4v) is 4.28. The van der Waals surface area contributed by atoms with Crippen molar-refractivity contribution >= 4 is 12.4 Å². The number of fused-ring (bicyclic) bond motifs is 1. The van der Waals surface area contributed by atoms with Crippen LogP contribution in [0.3, 0.4) is 0 Å². The highest BCUT2D eigenvalue weighted by Crippen LogP contribution is 2.45. The molecule has 28 heavy (non-hydrogen) atoms. The molecule has 0 radical (unpaired) electrons. The van der Waals surface area contributed by atoms with Crippen molar-refractivity contribution in [2.24, 2.45) is 9.98 Å². The van der Waals surface area contributed by atoms with Gasteiger partial charge in [-0.25, -0.2) is 4.99 Å². The van der Waals surface area contributed by atoms with Crippen molar-refractivity contribution < 1.29 is 4.92 Å². The molecule has 0 aromatic rings. The Bertz CT molecular complexity index is 776. The van der Waals surface area contributed by atoms with Gasteiger partial charge in [0.05, 0.1) is 11.5 Å². The Morgan fingerprint density at radius 1 is 1.46 bits per heavy atom. The van der Waals surface area contributed by atoms with E-state index < -0.39 is 5.66 Å². The van der Waals surface area contributed by atoms with Gasteiger partial charge in [-0.3, -0.25) is 15.1 Å². The molecule has 1 aliphatic carbocycles. The molecule has 3 aliphatic rings. The maximum atomic E-state index is 11.8. The standard InChI is InChI=1S/C21H29N5O2/c1-4-17(5-2)25(18-11-7-8-12-18)20-19(26(27)28)15-23-21(16-24(20)21)13-9-10-14-22-6-3/h6,10,14-15,17-18H,4-5,7-8,11-12,16H2,1-3H3/b14-10-,22-6-. The SMILES string of the molecule is C/C=N\C=C/C#CC12CN1C(N(C(CC)CC)C1CCCC1)=C([N+](=O)[O-])C=N2. The first-order chi connectivity index (χ1) is 13.6. The van der Waals surface area contributed by atoms with Gasteiger partial charge >= 0.3 is 5.70 Å². The number of allylic oxidation sites excluding steroid dienone is 2. The summed E-state index contributed by atoms with van der Waals surface area (Å²) in [5.74, 6) is 6.88. The third kappa shape index (κ3) is 3.82. The molecular weight excluding hydrogens is 354 g/mol. The van der Waals surface area contributed by atoms with E-state index in [-0.39, 0.29) is 16.7 Å². The number of aliphatic imine (C=N–C) groups is 2. The summed E-state index contributed by atoms with van der Waals surface area (Å²) in [5.41, 5.74) is -0.572. The van der Waals surface area contributed by atoms with Gasteiger partial charge in [-0.1, -0.05) is 32.6 Å². The zero-order chi connectivity index (χ0) is 20.1. The number of hydrogen-bond acceptors (Lipinski definition) is 6. The molecule has 0 aromatic heterocycles. The van der Waals surface area contributed by atoms with Gasteiger partial charge in [0.25, 0.3) is 0 Å². The summed E-state index contributed by atoms with van der Waals surface area (Å²) >= 11 is 0. The van der Waals surface area contributed by atoms with Crippen LogP contribution in [0.4, 0.5) is 0 Å². The first-order valence-electron chi connectivity index (χ1n) is 10.2. The van der Waals surface area contributed by atoms with E-state index in [0.29, 0.717) is 18.4 Å². The molecule has 7 nitrogen and oxygen atoms in total. The van der Waals surface area contributed by atoms with E-state index in [1.54, 1.807) is 18.5 Å². The summed E-state index contributed by atoms with van der Waals surface area (Å²) < 4.78 is 0. The lowest BCUT2D eigenvalue weighted by molar-refractivity contribution is -0.418. The minimum Gasteiger partial charge on any atom is -0.346 e. The van der Waals surface area contributed by atoms with Crippen LogP contribution in [0.25, 0.3) is 0 Å². The molecule has 0 spiro atoms. The van der Waals surface area contributed by atoms with Crippen molar-refractivity contribution in [2.75, 3.05) is 6.54 Å². The van der Waals surface area contributed by atoms with E-state index in [1.807, 2.05) is 11.8 Å². The minimum atomic E-state index is -0.669. The average Bonchev–Trinajstić information content (AvgIpc) is 3.16. The molecular formula is C21H29N5O2. The highest BCUT2D eigenvalue weighted by molar-refractivity contribution is 5.79. The maximum Gasteiger partial charge on any atom is 0.327 e. The van der Waals surface area contributed by atoms with Gasteiger partial charge in [-0.2, -0.15) is 0 Å². The van der Waals surface area contributed by atoms with Crippen molar-refractivity contribution in [1.29, 1.82) is 0 Å². The van der Waals surface area contributed by atoms with Gasteiger partial charge in [0.1, 0.15) is 6.21 Å². The molecule has 2 fully saturated rings. The second-order valence-corrected chi connectivity index (χ2v) is 7.44. The van der Waals surface area contributed by atoms with Gasteiger partial charge in [-0.15, -0.1) is 0 Å². The molecule has 3 rings (SSSR count). The van der Waals surface area contributed by atoms with Crippen molar-refractivity contribution in [3.05, 3.63) is 33.9 Å². The fraction of sp³-hybridized carbons (Fsp3) is 0.619. The number of rotatable bonds is 7. The predicted octanol–water partition coefficient (Wildman–Crippen LogP) is 3.57. The van der Waals surface area contributed by atoms with Gasteiger partial charge in [0.2, 0.25) is 5.66 Å². The molecule has 1 atom stereocenters. The van der Waals surface area contributed by atoms with Gasteiger partial charge in [0.15, 0.2) is 5.82 Å². The summed E-state index contributed by atoms with van der Waals surface area (Å²) in [5, 5.41) is 11.8. The molecule has 0 N–H and O–H groups in total. The molecule has 7 heteroatoms. The van der Waals surface area contributed by atoms with E-state index in [9.17, 15) is 10.1 Å². The van der Waals surface area contributed by atoms with Crippen LogP contribution in [0.5, 0.6) is 0 Å². The summed E-state index contributed by atoms with van der Waals surface area (Å²) in [4.78, 5) is 24.3. The second-order valence-electron chi connectivity index (χ2n) is 7.44. The zero-order valence-electron chi connectivity index (χ0n) is 17.0. The average molecular weight is 383 g/mol. The van der Waals surface area contributed by atoms with E-state index >= 15 is 0 Å². The minimum absolute atomic E-state index is 0.0971. The van der Waals surface area contributed by atoms with E-state index in [4.69, 9.17) is 0 Å². The largest absolute Gasteiger partial charge is 0.346 e. The van der Waals surface area contributed by atoms with E-state index in [0.717, 1.165) is 25.7 Å². The van der Waals surface area contributed by atoms with Crippen LogP contribution >= 0.6 is 0 Å². The molecule has 1 saturated carbocycles. The van der Waals surface area contributed by atoms with Gasteiger partial charge in [0, 0.05) is 30.6 Å². The van der Waals surface area contributed by atoms with E-state index in [1.165, 1.54) is 19.1 Å². The number of nitro groups is 1. The third-order valence-corrected chi connectivity index (χ3v) is 5.77. The van der Waals surface area contributed by atoms with Crippen LogP contribution < -0.4 is 0 Å². The maximum absolute atomic E-state index is 11.8. The van der Waals surface area contributed by atoms with Crippen LogP contribution in [-0.4, -0.2) is 51.4 Å². The molecule has 0 aromatic carbocycles. The normalized spacial score (nSPS) is 24.2. The quantitative estimate of drug-likeness (QED) is 0.221. The Hall–Kier alpha value is -2.62. The van der Waals surface area contributed by atoms with Crippen molar-refractivity contribution in [3.8, 4) is 11.8 Å². The first kappa shape index (κ1) is 20.1. The molecule has 0 bridgehead atoms. The van der Waals surface area contributed by atoms with Crippen LogP contribution in [0, 0.1) is 22.0 Å². The molecule has 0 amide bonds. The fourth-order valence-electron chi connectivity index (χ4n) is 4.28. The van der Waals surface area contributed by atoms with Crippen molar-refractivity contribution in [2.45, 2.75) is 77.0 Å². The van der Waals surface area contributed by atoms with Crippen molar-refractivity contribution in [3.63, 3.8) is 0 Å². The van der Waals surface area contributed by atoms with E-state index in [2.05, 4.69) is 40.6 Å². The smallest absolute Gasteiger partial charge is 0.327 e. The summed E-state index contributed by atoms with van der Waals surface area (Å²) in [7, 11) is 0. The van der Waals surface area contributed by atoms with Gasteiger partial charge < -0.3 is 9.80 Å². The van der Waals surface area contributed by atoms with Crippen LogP contribution in [-0.2, 0) is 0 Å². The second kappa shape index (κ2) is 8.59. The number of hydrogen-bond donors (Lipinski definition) is 0. The van der Waals surface area contributed by atoms with Crippen LogP contribution in [0.2, 0.25) is 0 Å². The van der Waals surface area contributed by atoms with Crippen LogP contribution in [0.1, 0.15) is 59.3 Å². The first-order valence-corrected chi connectivity index (χ1v) is 10.2. The monoisotopic (exact) mass is 383 g/mol. The summed E-state index contributed by atoms with van der Waals surface area (Å²) in [6.07, 6.45) is 12.9. The lowest BCUT2D eigenvalue weighted by Crippen LogP contribution is -2.46. The Morgan fingerprint density at radius 2 is 2.18 bits per heavy atom. The zero-order valence-corrected chi connectivity index (χ0v) is 17.0. The van der Waals surface area contributed by atoms with Gasteiger partial charge in [-0.05, 0) is 38.5 Å². The highest BCUT2D eigenvalue weighted by Gasteiger charge is 2.59. The lowest BCUT2D eigenvalue weighted by atomic mass is 10.1. The molecule has 150 valence electrons. The molecule has 2 aliphatic heterocycles. The Kier molecular flexibility index (Phi) is 6.18. The Morgan fingerprint density at radius 3 is 2.79 bits per heavy atom. The summed E-state index contributed by atoms with van der Waals surface area (Å²) in [6, 6.07) is 0.635. The Balaban J connectivity index is 1.97.